The number of aromatic nitrogens is 3. The van der Waals surface area contributed by atoms with Gasteiger partial charge in [0.2, 0.25) is 0 Å². The number of nitrogens with zero attached hydrogens (tertiary/aromatic N) is 3. The van der Waals surface area contributed by atoms with E-state index in [2.05, 4.69) is 15.5 Å². The maximum atomic E-state index is 5.63. The Morgan fingerprint density at radius 3 is 2.59 bits per heavy atom. The van der Waals surface area contributed by atoms with Crippen molar-refractivity contribution >= 4 is 0 Å². The van der Waals surface area contributed by atoms with Crippen LogP contribution in [0, 0.1) is 13.8 Å². The lowest BCUT2D eigenvalue weighted by Crippen LogP contribution is -2.30. The smallest absolute Gasteiger partial charge is 0.0917 e. The van der Waals surface area contributed by atoms with Gasteiger partial charge in [-0.1, -0.05) is 6.07 Å². The minimum Gasteiger partial charge on any atom is -0.275 e. The second-order valence-corrected chi connectivity index (χ2v) is 4.14. The minimum absolute atomic E-state index is 0.121. The van der Waals surface area contributed by atoms with Gasteiger partial charge in [0.05, 0.1) is 11.7 Å². The van der Waals surface area contributed by atoms with Crippen LogP contribution in [-0.4, -0.2) is 14.8 Å². The molecule has 17 heavy (non-hydrogen) atoms. The fraction of sp³-hybridized carbons (Fsp3) is 0.333. The van der Waals surface area contributed by atoms with Crippen molar-refractivity contribution in [3.63, 3.8) is 0 Å². The Morgan fingerprint density at radius 1 is 1.29 bits per heavy atom. The van der Waals surface area contributed by atoms with E-state index in [0.717, 1.165) is 22.6 Å². The molecule has 1 unspecified atom stereocenters. The molecule has 1 atom stereocenters. The number of nitrogens with two attached hydrogens (primary N) is 1. The van der Waals surface area contributed by atoms with Gasteiger partial charge in [-0.2, -0.15) is 5.10 Å². The van der Waals surface area contributed by atoms with Crippen molar-refractivity contribution in [3.8, 4) is 0 Å². The third kappa shape index (κ3) is 2.35. The molecule has 0 aromatic carbocycles. The Hall–Kier alpha value is -1.72. The van der Waals surface area contributed by atoms with Crippen LogP contribution < -0.4 is 11.3 Å². The monoisotopic (exact) mass is 231 g/mol. The Morgan fingerprint density at radius 2 is 2.06 bits per heavy atom. The molecule has 3 N–H and O–H groups in total. The minimum atomic E-state index is -0.121. The second-order valence-electron chi connectivity index (χ2n) is 4.14. The van der Waals surface area contributed by atoms with Crippen molar-refractivity contribution in [3.05, 3.63) is 47.0 Å². The van der Waals surface area contributed by atoms with Gasteiger partial charge < -0.3 is 0 Å². The predicted molar refractivity (Wildman–Crippen MR) is 66.1 cm³/mol. The van der Waals surface area contributed by atoms with Crippen molar-refractivity contribution in [2.45, 2.75) is 19.9 Å². The summed E-state index contributed by atoms with van der Waals surface area (Å²) >= 11 is 0. The summed E-state index contributed by atoms with van der Waals surface area (Å²) in [5, 5.41) is 4.37. The number of hydrazine groups is 1. The van der Waals surface area contributed by atoms with Gasteiger partial charge in [-0.15, -0.1) is 0 Å². The highest BCUT2D eigenvalue weighted by Crippen LogP contribution is 2.21. The summed E-state index contributed by atoms with van der Waals surface area (Å²) in [6.07, 6.45) is 1.90. The summed E-state index contributed by atoms with van der Waals surface area (Å²) < 4.78 is 1.76. The zero-order valence-corrected chi connectivity index (χ0v) is 10.3. The zero-order valence-electron chi connectivity index (χ0n) is 10.3. The first kappa shape index (κ1) is 11.8. The van der Waals surface area contributed by atoms with Crippen LogP contribution >= 0.6 is 0 Å². The lowest BCUT2D eigenvalue weighted by molar-refractivity contribution is 0.598. The number of nitrogens with one attached hydrogen (secondary N) is 1. The molecule has 2 rings (SSSR count). The number of hydrogen-bond donors (Lipinski definition) is 2. The quantitative estimate of drug-likeness (QED) is 0.610. The summed E-state index contributed by atoms with van der Waals surface area (Å²) in [6, 6.07) is 5.85. The van der Waals surface area contributed by atoms with E-state index in [4.69, 9.17) is 5.84 Å². The summed E-state index contributed by atoms with van der Waals surface area (Å²) in [7, 11) is 1.89. The largest absolute Gasteiger partial charge is 0.275 e. The van der Waals surface area contributed by atoms with Gasteiger partial charge in [0, 0.05) is 24.6 Å². The van der Waals surface area contributed by atoms with Gasteiger partial charge in [-0.05, 0) is 31.5 Å². The molecule has 2 aromatic heterocycles. The molecule has 0 aliphatic rings. The second kappa shape index (κ2) is 4.65. The molecule has 5 nitrogen and oxygen atoms in total. The van der Waals surface area contributed by atoms with E-state index in [1.165, 1.54) is 0 Å². The Kier molecular flexibility index (Phi) is 3.21. The van der Waals surface area contributed by atoms with Crippen molar-refractivity contribution in [1.29, 1.82) is 0 Å². The van der Waals surface area contributed by atoms with Gasteiger partial charge in [0.25, 0.3) is 0 Å². The number of hydrogen-bond acceptors (Lipinski definition) is 4. The molecule has 90 valence electrons. The number of aryl methyl sites for hydroxylation is 3. The Labute approximate surface area is 101 Å². The lowest BCUT2D eigenvalue weighted by atomic mass is 10.0. The molecule has 5 heteroatoms. The summed E-state index contributed by atoms with van der Waals surface area (Å²) in [6.45, 7) is 3.96. The normalized spacial score (nSPS) is 12.7. The van der Waals surface area contributed by atoms with E-state index in [-0.39, 0.29) is 6.04 Å². The summed E-state index contributed by atoms with van der Waals surface area (Å²) in [5.74, 6) is 5.63. The molecule has 0 amide bonds. The van der Waals surface area contributed by atoms with E-state index < -0.39 is 0 Å². The van der Waals surface area contributed by atoms with Crippen LogP contribution in [0.4, 0.5) is 0 Å². The summed E-state index contributed by atoms with van der Waals surface area (Å²) in [4.78, 5) is 4.44. The van der Waals surface area contributed by atoms with Crippen LogP contribution in [0.3, 0.4) is 0 Å². The lowest BCUT2D eigenvalue weighted by Gasteiger charge is -2.16. The van der Waals surface area contributed by atoms with Crippen LogP contribution in [0.25, 0.3) is 0 Å². The van der Waals surface area contributed by atoms with Crippen molar-refractivity contribution < 1.29 is 0 Å². The Bertz CT molecular complexity index is 517. The standard InChI is InChI=1S/C12H17N5/c1-8-4-5-10(9(2)14-8)12(15-13)11-6-7-17(3)16-11/h4-7,12,15H,13H2,1-3H3. The highest BCUT2D eigenvalue weighted by atomic mass is 15.3. The molecule has 0 spiro atoms. The van der Waals surface area contributed by atoms with Crippen LogP contribution in [0.15, 0.2) is 24.4 Å². The molecular weight excluding hydrogens is 214 g/mol. The highest BCUT2D eigenvalue weighted by molar-refractivity contribution is 5.31. The molecule has 0 fully saturated rings. The molecule has 0 aliphatic heterocycles. The van der Waals surface area contributed by atoms with Crippen LogP contribution in [0.1, 0.15) is 28.7 Å². The van der Waals surface area contributed by atoms with Gasteiger partial charge in [0.1, 0.15) is 0 Å². The van der Waals surface area contributed by atoms with Gasteiger partial charge in [-0.3, -0.25) is 15.5 Å². The van der Waals surface area contributed by atoms with Crippen molar-refractivity contribution in [2.75, 3.05) is 0 Å². The van der Waals surface area contributed by atoms with E-state index in [1.54, 1.807) is 4.68 Å². The zero-order chi connectivity index (χ0) is 12.4. The molecule has 2 aromatic rings. The molecule has 0 bridgehead atoms. The maximum absolute atomic E-state index is 5.63. The first-order valence-electron chi connectivity index (χ1n) is 5.51. The maximum Gasteiger partial charge on any atom is 0.0917 e. The topological polar surface area (TPSA) is 68.8 Å². The van der Waals surface area contributed by atoms with E-state index in [1.807, 2.05) is 45.3 Å². The third-order valence-electron chi connectivity index (χ3n) is 2.77. The van der Waals surface area contributed by atoms with Gasteiger partial charge in [0.15, 0.2) is 0 Å². The van der Waals surface area contributed by atoms with E-state index in [0.29, 0.717) is 0 Å². The molecular formula is C12H17N5. The van der Waals surface area contributed by atoms with Crippen LogP contribution in [0.2, 0.25) is 0 Å². The average molecular weight is 231 g/mol. The van der Waals surface area contributed by atoms with Crippen molar-refractivity contribution in [1.82, 2.24) is 20.2 Å². The third-order valence-corrected chi connectivity index (χ3v) is 2.77. The molecule has 0 radical (unpaired) electrons. The van der Waals surface area contributed by atoms with Crippen LogP contribution in [-0.2, 0) is 7.05 Å². The molecule has 0 saturated carbocycles. The summed E-state index contributed by atoms with van der Waals surface area (Å²) in [5.41, 5.74) is 6.71. The molecule has 0 aliphatic carbocycles. The van der Waals surface area contributed by atoms with Crippen LogP contribution in [0.5, 0.6) is 0 Å². The Balaban J connectivity index is 2.42. The fourth-order valence-corrected chi connectivity index (χ4v) is 1.92. The first-order chi connectivity index (χ1) is 8.11. The first-order valence-corrected chi connectivity index (χ1v) is 5.51. The molecule has 2 heterocycles. The van der Waals surface area contributed by atoms with E-state index >= 15 is 0 Å². The average Bonchev–Trinajstić information content (AvgIpc) is 2.69. The fourth-order valence-electron chi connectivity index (χ4n) is 1.92. The van der Waals surface area contributed by atoms with Gasteiger partial charge in [-0.25, -0.2) is 5.43 Å². The number of rotatable bonds is 3. The van der Waals surface area contributed by atoms with Gasteiger partial charge >= 0.3 is 0 Å². The van der Waals surface area contributed by atoms with Crippen molar-refractivity contribution in [2.24, 2.45) is 12.9 Å². The SMILES string of the molecule is Cc1ccc(C(NN)c2ccn(C)n2)c(C)n1. The highest BCUT2D eigenvalue weighted by Gasteiger charge is 2.17. The molecule has 0 saturated heterocycles. The van der Waals surface area contributed by atoms with E-state index in [9.17, 15) is 0 Å². The predicted octanol–water partition coefficient (Wildman–Crippen LogP) is 0.985. The number of pyridine rings is 1.